The van der Waals surface area contributed by atoms with E-state index < -0.39 is 5.97 Å². The van der Waals surface area contributed by atoms with Gasteiger partial charge in [-0.15, -0.1) is 0 Å². The zero-order valence-electron chi connectivity index (χ0n) is 12.8. The molecule has 0 bridgehead atoms. The topological polar surface area (TPSA) is 55.1 Å². The Bertz CT molecular complexity index is 687. The molecule has 0 radical (unpaired) electrons. The number of hydrogen-bond acceptors (Lipinski definition) is 2. The molecule has 1 aliphatic carbocycles. The minimum Gasteiger partial charge on any atom is -0.478 e. The van der Waals surface area contributed by atoms with Gasteiger partial charge in [0.05, 0.1) is 11.1 Å². The molecule has 1 heterocycles. The summed E-state index contributed by atoms with van der Waals surface area (Å²) in [5.41, 5.74) is 1.91. The molecule has 1 aromatic carbocycles. The Labute approximate surface area is 124 Å². The molecule has 2 aromatic rings. The molecule has 4 nitrogen and oxygen atoms in total. The van der Waals surface area contributed by atoms with Gasteiger partial charge in [-0.25, -0.2) is 9.78 Å². The monoisotopic (exact) mass is 286 g/mol. The fourth-order valence-corrected chi connectivity index (χ4v) is 3.51. The van der Waals surface area contributed by atoms with E-state index in [9.17, 15) is 9.90 Å². The lowest BCUT2D eigenvalue weighted by Crippen LogP contribution is -2.10. The van der Waals surface area contributed by atoms with Crippen LogP contribution < -0.4 is 0 Å². The molecule has 1 aromatic heterocycles. The van der Waals surface area contributed by atoms with Gasteiger partial charge < -0.3 is 9.67 Å². The number of para-hydroxylation sites is 1. The quantitative estimate of drug-likeness (QED) is 0.919. The molecule has 112 valence electrons. The fourth-order valence-electron chi connectivity index (χ4n) is 3.51. The maximum atomic E-state index is 11.4. The van der Waals surface area contributed by atoms with Crippen molar-refractivity contribution in [2.45, 2.75) is 52.0 Å². The van der Waals surface area contributed by atoms with Crippen molar-refractivity contribution in [2.24, 2.45) is 5.92 Å². The highest BCUT2D eigenvalue weighted by Crippen LogP contribution is 2.38. The average molecular weight is 286 g/mol. The van der Waals surface area contributed by atoms with Crippen molar-refractivity contribution in [3.05, 3.63) is 29.6 Å². The number of fused-ring (bicyclic) bond motifs is 1. The molecule has 2 unspecified atom stereocenters. The van der Waals surface area contributed by atoms with Gasteiger partial charge in [-0.1, -0.05) is 26.8 Å². The lowest BCUT2D eigenvalue weighted by molar-refractivity contribution is 0.0699. The first kappa shape index (κ1) is 14.1. The van der Waals surface area contributed by atoms with Gasteiger partial charge in [-0.05, 0) is 37.3 Å². The number of carboxylic acid groups (broad SMARTS) is 1. The van der Waals surface area contributed by atoms with Crippen molar-refractivity contribution in [2.75, 3.05) is 0 Å². The number of aromatic carboxylic acids is 1. The number of benzene rings is 1. The zero-order valence-corrected chi connectivity index (χ0v) is 12.8. The van der Waals surface area contributed by atoms with Gasteiger partial charge in [0.15, 0.2) is 0 Å². The van der Waals surface area contributed by atoms with Gasteiger partial charge in [-0.3, -0.25) is 0 Å². The number of aromatic nitrogens is 2. The van der Waals surface area contributed by atoms with Crippen LogP contribution in [-0.4, -0.2) is 20.6 Å². The highest BCUT2D eigenvalue weighted by Gasteiger charge is 2.28. The summed E-state index contributed by atoms with van der Waals surface area (Å²) in [6.07, 6.45) is 3.55. The van der Waals surface area contributed by atoms with Gasteiger partial charge in [0.2, 0.25) is 0 Å². The van der Waals surface area contributed by atoms with E-state index in [1.54, 1.807) is 6.07 Å². The molecule has 0 spiro atoms. The van der Waals surface area contributed by atoms with Gasteiger partial charge in [0, 0.05) is 12.0 Å². The molecule has 21 heavy (non-hydrogen) atoms. The minimum absolute atomic E-state index is 0.287. The van der Waals surface area contributed by atoms with Crippen LogP contribution in [0, 0.1) is 5.92 Å². The molecule has 3 rings (SSSR count). The summed E-state index contributed by atoms with van der Waals surface area (Å²) in [5.74, 6) is 1.13. The first-order valence-electron chi connectivity index (χ1n) is 7.73. The van der Waals surface area contributed by atoms with E-state index in [4.69, 9.17) is 0 Å². The minimum atomic E-state index is -0.902. The lowest BCUT2D eigenvalue weighted by Gasteiger charge is -2.18. The molecular weight excluding hydrogens is 264 g/mol. The van der Waals surface area contributed by atoms with E-state index in [-0.39, 0.29) is 5.92 Å². The molecule has 1 saturated carbocycles. The molecule has 1 N–H and O–H groups in total. The van der Waals surface area contributed by atoms with Crippen LogP contribution in [0.4, 0.5) is 0 Å². The molecule has 0 amide bonds. The molecule has 2 atom stereocenters. The Morgan fingerprint density at radius 3 is 2.71 bits per heavy atom. The summed E-state index contributed by atoms with van der Waals surface area (Å²) in [4.78, 5) is 16.1. The van der Waals surface area contributed by atoms with Crippen molar-refractivity contribution in [1.29, 1.82) is 0 Å². The fraction of sp³-hybridized carbons (Fsp3) is 0.529. The first-order chi connectivity index (χ1) is 9.99. The van der Waals surface area contributed by atoms with Crippen LogP contribution in [0.15, 0.2) is 18.2 Å². The molecular formula is C17H22N2O2. The second-order valence-electron chi connectivity index (χ2n) is 6.55. The van der Waals surface area contributed by atoms with Gasteiger partial charge in [-0.2, -0.15) is 0 Å². The lowest BCUT2D eigenvalue weighted by atomic mass is 10.1. The Morgan fingerprint density at radius 1 is 1.38 bits per heavy atom. The number of carbonyl (C=O) groups is 1. The van der Waals surface area contributed by atoms with Gasteiger partial charge >= 0.3 is 5.97 Å². The number of hydrogen-bond donors (Lipinski definition) is 1. The van der Waals surface area contributed by atoms with Crippen molar-refractivity contribution in [1.82, 2.24) is 9.55 Å². The predicted molar refractivity (Wildman–Crippen MR) is 82.8 cm³/mol. The second-order valence-corrected chi connectivity index (χ2v) is 6.55. The van der Waals surface area contributed by atoms with E-state index in [1.165, 1.54) is 6.42 Å². The van der Waals surface area contributed by atoms with E-state index in [2.05, 4.69) is 30.3 Å². The van der Waals surface area contributed by atoms with E-state index in [1.807, 2.05) is 12.1 Å². The van der Waals surface area contributed by atoms with Crippen molar-refractivity contribution in [3.8, 4) is 0 Å². The van der Waals surface area contributed by atoms with Crippen LogP contribution in [-0.2, 0) is 0 Å². The van der Waals surface area contributed by atoms with Crippen molar-refractivity contribution in [3.63, 3.8) is 0 Å². The second kappa shape index (κ2) is 5.17. The van der Waals surface area contributed by atoms with E-state index in [0.717, 1.165) is 30.1 Å². The SMILES string of the molecule is CC1CCC(n2c(C(C)C)nc3c(C(=O)O)cccc32)C1. The Kier molecular flexibility index (Phi) is 3.47. The average Bonchev–Trinajstić information content (AvgIpc) is 3.00. The number of nitrogens with zero attached hydrogens (tertiary/aromatic N) is 2. The third-order valence-corrected chi connectivity index (χ3v) is 4.53. The molecule has 1 fully saturated rings. The number of carboxylic acids is 1. The predicted octanol–water partition coefficient (Wildman–Crippen LogP) is 4.22. The molecule has 0 saturated heterocycles. The van der Waals surface area contributed by atoms with Crippen LogP contribution in [0.1, 0.15) is 68.2 Å². The third-order valence-electron chi connectivity index (χ3n) is 4.53. The van der Waals surface area contributed by atoms with Crippen molar-refractivity contribution < 1.29 is 9.90 Å². The maximum absolute atomic E-state index is 11.4. The van der Waals surface area contributed by atoms with Crippen LogP contribution in [0.2, 0.25) is 0 Å². The first-order valence-corrected chi connectivity index (χ1v) is 7.73. The Morgan fingerprint density at radius 2 is 2.14 bits per heavy atom. The van der Waals surface area contributed by atoms with Crippen molar-refractivity contribution >= 4 is 17.0 Å². The summed E-state index contributed by atoms with van der Waals surface area (Å²) in [5, 5.41) is 9.38. The zero-order chi connectivity index (χ0) is 15.1. The Hall–Kier alpha value is -1.84. The van der Waals surface area contributed by atoms with Crippen LogP contribution >= 0.6 is 0 Å². The molecule has 0 aliphatic heterocycles. The summed E-state index contributed by atoms with van der Waals surface area (Å²) in [7, 11) is 0. The van der Waals surface area contributed by atoms with Crippen LogP contribution in [0.25, 0.3) is 11.0 Å². The Balaban J connectivity index is 2.23. The van der Waals surface area contributed by atoms with E-state index >= 15 is 0 Å². The summed E-state index contributed by atoms with van der Waals surface area (Å²) < 4.78 is 2.30. The van der Waals surface area contributed by atoms with Crippen LogP contribution in [0.5, 0.6) is 0 Å². The molecule has 1 aliphatic rings. The summed E-state index contributed by atoms with van der Waals surface area (Å²) in [6, 6.07) is 5.92. The normalized spacial score (nSPS) is 22.3. The van der Waals surface area contributed by atoms with Gasteiger partial charge in [0.25, 0.3) is 0 Å². The number of rotatable bonds is 3. The van der Waals surface area contributed by atoms with Crippen LogP contribution in [0.3, 0.4) is 0 Å². The smallest absolute Gasteiger partial charge is 0.337 e. The molecule has 4 heteroatoms. The largest absolute Gasteiger partial charge is 0.478 e. The summed E-state index contributed by atoms with van der Waals surface area (Å²) in [6.45, 7) is 6.53. The number of imidazole rings is 1. The standard InChI is InChI=1S/C17H22N2O2/c1-10(2)16-18-15-13(17(20)21)5-4-6-14(15)19(16)12-8-7-11(3)9-12/h4-6,10-12H,7-9H2,1-3H3,(H,20,21). The highest BCUT2D eigenvalue weighted by molar-refractivity contribution is 6.01. The highest BCUT2D eigenvalue weighted by atomic mass is 16.4. The third kappa shape index (κ3) is 2.33. The summed E-state index contributed by atoms with van der Waals surface area (Å²) >= 11 is 0. The van der Waals surface area contributed by atoms with Gasteiger partial charge in [0.1, 0.15) is 11.3 Å². The van der Waals surface area contributed by atoms with E-state index in [0.29, 0.717) is 17.1 Å². The maximum Gasteiger partial charge on any atom is 0.337 e.